The third-order valence-electron chi connectivity index (χ3n) is 5.17. The largest absolute Gasteiger partial charge is 0.378 e. The van der Waals surface area contributed by atoms with Crippen molar-refractivity contribution in [1.29, 1.82) is 0 Å². The van der Waals surface area contributed by atoms with Crippen LogP contribution in [0.1, 0.15) is 51.7 Å². The number of aliphatic imine (C=N–C) groups is 1. The van der Waals surface area contributed by atoms with Gasteiger partial charge in [0.25, 0.3) is 0 Å². The standard InChI is InChI=1S/C22H37N3O2.HI/c1-5-26-20(17(2)3)13-14-24-22(23-4)25-16-19-12-9-15-27-21(19)18-10-7-6-8-11-18;/h6-8,10-11,17,19-21H,5,9,12-16H2,1-4H3,(H2,23,24,25);1H. The van der Waals surface area contributed by atoms with Crippen LogP contribution < -0.4 is 10.6 Å². The second kappa shape index (κ2) is 14.2. The SMILES string of the molecule is CCOC(CCNC(=NC)NCC1CCCOC1c1ccccc1)C(C)C.I. The summed E-state index contributed by atoms with van der Waals surface area (Å²) in [6, 6.07) is 10.5. The Balaban J connectivity index is 0.00000392. The molecule has 160 valence electrons. The Bertz CT molecular complexity index is 554. The van der Waals surface area contributed by atoms with Gasteiger partial charge < -0.3 is 20.1 Å². The third-order valence-corrected chi connectivity index (χ3v) is 5.17. The quantitative estimate of drug-likeness (QED) is 0.298. The lowest BCUT2D eigenvalue weighted by Crippen LogP contribution is -2.43. The lowest BCUT2D eigenvalue weighted by atomic mass is 9.89. The van der Waals surface area contributed by atoms with Gasteiger partial charge in [-0.15, -0.1) is 24.0 Å². The second-order valence-electron chi connectivity index (χ2n) is 7.51. The van der Waals surface area contributed by atoms with Gasteiger partial charge >= 0.3 is 0 Å². The summed E-state index contributed by atoms with van der Waals surface area (Å²) in [5.41, 5.74) is 1.27. The monoisotopic (exact) mass is 503 g/mol. The molecule has 0 amide bonds. The predicted octanol–water partition coefficient (Wildman–Crippen LogP) is 4.39. The van der Waals surface area contributed by atoms with E-state index in [0.29, 0.717) is 11.8 Å². The lowest BCUT2D eigenvalue weighted by Gasteiger charge is -2.32. The number of ether oxygens (including phenoxy) is 2. The highest BCUT2D eigenvalue weighted by atomic mass is 127. The summed E-state index contributed by atoms with van der Waals surface area (Å²) >= 11 is 0. The van der Waals surface area contributed by atoms with E-state index in [-0.39, 0.29) is 36.2 Å². The summed E-state index contributed by atoms with van der Waals surface area (Å²) in [6.07, 6.45) is 3.71. The van der Waals surface area contributed by atoms with Gasteiger partial charge in [-0.2, -0.15) is 0 Å². The lowest BCUT2D eigenvalue weighted by molar-refractivity contribution is -0.0265. The van der Waals surface area contributed by atoms with E-state index in [9.17, 15) is 0 Å². The van der Waals surface area contributed by atoms with Crippen molar-refractivity contribution in [2.45, 2.75) is 52.2 Å². The Kier molecular flexibility index (Phi) is 12.7. The molecule has 0 radical (unpaired) electrons. The molecule has 1 aliphatic heterocycles. The molecule has 2 rings (SSSR count). The number of hydrogen-bond acceptors (Lipinski definition) is 3. The normalized spacial score (nSPS) is 21.1. The number of guanidine groups is 1. The molecule has 1 aromatic carbocycles. The zero-order chi connectivity index (χ0) is 19.5. The minimum atomic E-state index is 0. The van der Waals surface area contributed by atoms with Gasteiger partial charge in [0.2, 0.25) is 0 Å². The number of nitrogens with zero attached hydrogens (tertiary/aromatic N) is 1. The maximum absolute atomic E-state index is 6.09. The van der Waals surface area contributed by atoms with E-state index < -0.39 is 0 Å². The van der Waals surface area contributed by atoms with Gasteiger partial charge in [0.05, 0.1) is 12.2 Å². The van der Waals surface area contributed by atoms with Crippen LogP contribution in [0.15, 0.2) is 35.3 Å². The van der Waals surface area contributed by atoms with Crippen LogP contribution in [0.3, 0.4) is 0 Å². The van der Waals surface area contributed by atoms with Crippen LogP contribution in [0.4, 0.5) is 0 Å². The summed E-state index contributed by atoms with van der Waals surface area (Å²) in [6.45, 7) is 9.79. The molecule has 3 unspecified atom stereocenters. The highest BCUT2D eigenvalue weighted by Gasteiger charge is 2.27. The summed E-state index contributed by atoms with van der Waals surface area (Å²) in [7, 11) is 1.82. The van der Waals surface area contributed by atoms with Crippen molar-refractivity contribution in [3.63, 3.8) is 0 Å². The van der Waals surface area contributed by atoms with Gasteiger partial charge in [-0.05, 0) is 37.7 Å². The van der Waals surface area contributed by atoms with Crippen molar-refractivity contribution < 1.29 is 9.47 Å². The summed E-state index contributed by atoms with van der Waals surface area (Å²) in [4.78, 5) is 4.37. The summed E-state index contributed by atoms with van der Waals surface area (Å²) in [5, 5.41) is 6.92. The number of benzene rings is 1. The molecule has 2 N–H and O–H groups in total. The van der Waals surface area contributed by atoms with Crippen LogP contribution in [0.5, 0.6) is 0 Å². The van der Waals surface area contributed by atoms with E-state index in [1.54, 1.807) is 0 Å². The minimum absolute atomic E-state index is 0. The van der Waals surface area contributed by atoms with Gasteiger partial charge in [0.1, 0.15) is 0 Å². The van der Waals surface area contributed by atoms with Crippen LogP contribution in [0, 0.1) is 11.8 Å². The highest BCUT2D eigenvalue weighted by Crippen LogP contribution is 2.33. The van der Waals surface area contributed by atoms with Gasteiger partial charge in [-0.25, -0.2) is 0 Å². The van der Waals surface area contributed by atoms with Crippen molar-refractivity contribution in [2.24, 2.45) is 16.8 Å². The first-order valence-corrected chi connectivity index (χ1v) is 10.4. The molecule has 6 heteroatoms. The molecule has 0 spiro atoms. The van der Waals surface area contributed by atoms with Gasteiger partial charge in [-0.1, -0.05) is 44.2 Å². The van der Waals surface area contributed by atoms with Gasteiger partial charge in [0, 0.05) is 39.3 Å². The van der Waals surface area contributed by atoms with Gasteiger partial charge in [-0.3, -0.25) is 4.99 Å². The molecular weight excluding hydrogens is 465 g/mol. The van der Waals surface area contributed by atoms with Crippen LogP contribution in [0.25, 0.3) is 0 Å². The second-order valence-corrected chi connectivity index (χ2v) is 7.51. The smallest absolute Gasteiger partial charge is 0.190 e. The van der Waals surface area contributed by atoms with Crippen LogP contribution in [0.2, 0.25) is 0 Å². The number of nitrogens with one attached hydrogen (secondary N) is 2. The first kappa shape index (κ1) is 25.2. The molecule has 0 aliphatic carbocycles. The fourth-order valence-corrected chi connectivity index (χ4v) is 3.67. The van der Waals surface area contributed by atoms with Crippen molar-refractivity contribution >= 4 is 29.9 Å². The Morgan fingerprint density at radius 3 is 2.64 bits per heavy atom. The molecule has 0 aromatic heterocycles. The fraction of sp³-hybridized carbons (Fsp3) is 0.682. The zero-order valence-corrected chi connectivity index (χ0v) is 20.1. The molecule has 28 heavy (non-hydrogen) atoms. The predicted molar refractivity (Wildman–Crippen MR) is 128 cm³/mol. The molecule has 5 nitrogen and oxygen atoms in total. The highest BCUT2D eigenvalue weighted by molar-refractivity contribution is 14.0. The van der Waals surface area contributed by atoms with Crippen LogP contribution in [-0.2, 0) is 9.47 Å². The topological polar surface area (TPSA) is 54.9 Å². The van der Waals surface area contributed by atoms with E-state index in [0.717, 1.165) is 45.1 Å². The third kappa shape index (κ3) is 8.25. The van der Waals surface area contributed by atoms with Crippen LogP contribution >= 0.6 is 24.0 Å². The number of halogens is 1. The minimum Gasteiger partial charge on any atom is -0.378 e. The van der Waals surface area contributed by atoms with E-state index in [4.69, 9.17) is 9.47 Å². The number of rotatable bonds is 9. The Hall–Kier alpha value is -0.860. The molecule has 1 saturated heterocycles. The Labute approximate surface area is 188 Å². The summed E-state index contributed by atoms with van der Waals surface area (Å²) in [5.74, 6) is 1.82. The van der Waals surface area contributed by atoms with Crippen molar-refractivity contribution in [3.05, 3.63) is 35.9 Å². The fourth-order valence-electron chi connectivity index (χ4n) is 3.67. The number of hydrogen-bond donors (Lipinski definition) is 2. The van der Waals surface area contributed by atoms with E-state index in [2.05, 4.69) is 66.7 Å². The molecule has 3 atom stereocenters. The molecule has 0 saturated carbocycles. The Morgan fingerprint density at radius 2 is 2.00 bits per heavy atom. The molecule has 1 aliphatic rings. The van der Waals surface area contributed by atoms with Crippen molar-refractivity contribution in [3.8, 4) is 0 Å². The average Bonchev–Trinajstić information content (AvgIpc) is 2.70. The van der Waals surface area contributed by atoms with E-state index in [1.165, 1.54) is 12.0 Å². The Morgan fingerprint density at radius 1 is 1.25 bits per heavy atom. The molecule has 0 bridgehead atoms. The zero-order valence-electron chi connectivity index (χ0n) is 17.8. The van der Waals surface area contributed by atoms with E-state index in [1.807, 2.05) is 7.05 Å². The molecule has 1 fully saturated rings. The summed E-state index contributed by atoms with van der Waals surface area (Å²) < 4.78 is 11.9. The molecule has 1 heterocycles. The first-order chi connectivity index (χ1) is 13.2. The van der Waals surface area contributed by atoms with E-state index >= 15 is 0 Å². The first-order valence-electron chi connectivity index (χ1n) is 10.4. The molecule has 1 aromatic rings. The molecular formula is C22H38IN3O2. The van der Waals surface area contributed by atoms with Crippen molar-refractivity contribution in [1.82, 2.24) is 10.6 Å². The van der Waals surface area contributed by atoms with Crippen LogP contribution in [-0.4, -0.2) is 45.4 Å². The maximum atomic E-state index is 6.09. The average molecular weight is 503 g/mol. The maximum Gasteiger partial charge on any atom is 0.190 e. The van der Waals surface area contributed by atoms with Gasteiger partial charge in [0.15, 0.2) is 5.96 Å². The van der Waals surface area contributed by atoms with Crippen molar-refractivity contribution in [2.75, 3.05) is 33.4 Å².